The molecule has 1 aromatic heterocycles. The summed E-state index contributed by atoms with van der Waals surface area (Å²) in [5, 5.41) is 16.5. The summed E-state index contributed by atoms with van der Waals surface area (Å²) in [6.45, 7) is 4.56. The van der Waals surface area contributed by atoms with Crippen LogP contribution in [0.25, 0.3) is 32.8 Å². The van der Waals surface area contributed by atoms with Crippen LogP contribution in [0.5, 0.6) is 11.8 Å². The maximum Gasteiger partial charge on any atom is 0.319 e. The first-order chi connectivity index (χ1) is 22.0. The number of rotatable bonds is 6. The van der Waals surface area contributed by atoms with Gasteiger partial charge in [-0.15, -0.1) is 6.42 Å². The van der Waals surface area contributed by atoms with E-state index in [-0.39, 0.29) is 28.2 Å². The Bertz CT molecular complexity index is 1880. The summed E-state index contributed by atoms with van der Waals surface area (Å²) in [6.07, 6.45) is 15.4. The van der Waals surface area contributed by atoms with Crippen molar-refractivity contribution in [3.8, 4) is 35.2 Å². The molecule has 2 atom stereocenters. The van der Waals surface area contributed by atoms with E-state index in [9.17, 15) is 5.11 Å². The molecule has 0 radical (unpaired) electrons. The number of hydrogen-bond acceptors (Lipinski definition) is 7. The van der Waals surface area contributed by atoms with Crippen molar-refractivity contribution in [2.75, 3.05) is 37.7 Å². The molecule has 2 bridgehead atoms. The Morgan fingerprint density at radius 3 is 2.51 bits per heavy atom. The quantitative estimate of drug-likeness (QED) is 0.262. The van der Waals surface area contributed by atoms with Crippen LogP contribution >= 0.6 is 0 Å². The molecule has 4 saturated heterocycles. The summed E-state index contributed by atoms with van der Waals surface area (Å²) < 4.78 is 23.5. The lowest BCUT2D eigenvalue weighted by atomic mass is 9.78. The van der Waals surface area contributed by atoms with E-state index in [4.69, 9.17) is 21.1 Å². The fourth-order valence-electron chi connectivity index (χ4n) is 9.42. The number of nitrogens with zero attached hydrogens (tertiary/aromatic N) is 4. The summed E-state index contributed by atoms with van der Waals surface area (Å²) in [4.78, 5) is 14.8. The van der Waals surface area contributed by atoms with Gasteiger partial charge in [0.2, 0.25) is 0 Å². The van der Waals surface area contributed by atoms with Gasteiger partial charge in [-0.1, -0.05) is 24.1 Å². The van der Waals surface area contributed by atoms with Crippen molar-refractivity contribution in [3.05, 3.63) is 53.8 Å². The van der Waals surface area contributed by atoms with E-state index in [0.717, 1.165) is 55.4 Å². The van der Waals surface area contributed by atoms with E-state index >= 15 is 4.39 Å². The van der Waals surface area contributed by atoms with Crippen LogP contribution < -0.4 is 15.0 Å². The highest BCUT2D eigenvalue weighted by molar-refractivity contribution is 6.04. The third-order valence-corrected chi connectivity index (χ3v) is 11.6. The largest absolute Gasteiger partial charge is 0.508 e. The Morgan fingerprint density at radius 2 is 1.78 bits per heavy atom. The van der Waals surface area contributed by atoms with Gasteiger partial charge in [0, 0.05) is 58.0 Å². The maximum absolute atomic E-state index is 16.9. The van der Waals surface area contributed by atoms with Gasteiger partial charge in [0.05, 0.1) is 6.61 Å². The number of terminal acetylenes is 1. The molecule has 0 amide bonds. The van der Waals surface area contributed by atoms with Crippen LogP contribution in [0.2, 0.25) is 0 Å². The number of fused-ring (bicyclic) bond motifs is 5. The number of phenols is 1. The van der Waals surface area contributed by atoms with Crippen LogP contribution in [0, 0.1) is 23.6 Å². The standard InChI is InChI=1S/C37H38FN5O2/c1-2-23-6-3-7-24-18-27(44)19-30(31(23)24)28-10-11-29-33(32(28)38)40-35(41-34(29)42-20-25-8-9-26(21-42)39-25)45-22-36(14-15-36)37-12-4-16-43(37)17-5-13-37/h1,3,6-7,10-11,18-19,25-26,39,44H,4-5,8-9,12-17,20-22H2. The van der Waals surface area contributed by atoms with Crippen LogP contribution in [-0.2, 0) is 0 Å². The van der Waals surface area contributed by atoms with Crippen molar-refractivity contribution < 1.29 is 14.2 Å². The monoisotopic (exact) mass is 603 g/mol. The first-order valence-corrected chi connectivity index (χ1v) is 16.6. The van der Waals surface area contributed by atoms with Crippen LogP contribution in [0.3, 0.4) is 0 Å². The highest BCUT2D eigenvalue weighted by atomic mass is 19.1. The predicted molar refractivity (Wildman–Crippen MR) is 174 cm³/mol. The molecular formula is C37H38FN5O2. The minimum Gasteiger partial charge on any atom is -0.508 e. The highest BCUT2D eigenvalue weighted by Gasteiger charge is 2.64. The summed E-state index contributed by atoms with van der Waals surface area (Å²) in [5.41, 5.74) is 2.12. The number of benzene rings is 3. The highest BCUT2D eigenvalue weighted by Crippen LogP contribution is 2.63. The van der Waals surface area contributed by atoms with Crippen molar-refractivity contribution in [1.29, 1.82) is 0 Å². The minimum absolute atomic E-state index is 0.0526. The molecule has 8 heteroatoms. The van der Waals surface area contributed by atoms with Crippen molar-refractivity contribution in [2.45, 2.75) is 69.0 Å². The first-order valence-electron chi connectivity index (χ1n) is 16.6. The molecule has 45 heavy (non-hydrogen) atoms. The molecule has 0 spiro atoms. The smallest absolute Gasteiger partial charge is 0.319 e. The number of hydrogen-bond donors (Lipinski definition) is 2. The molecule has 4 aromatic rings. The number of phenolic OH excluding ortho intramolecular Hbond substituents is 1. The van der Waals surface area contributed by atoms with E-state index in [1.54, 1.807) is 18.2 Å². The summed E-state index contributed by atoms with van der Waals surface area (Å²) in [6, 6.07) is 13.6. The number of anilines is 1. The van der Waals surface area contributed by atoms with Gasteiger partial charge in [0.15, 0.2) is 5.82 Å². The minimum atomic E-state index is -0.463. The van der Waals surface area contributed by atoms with Crippen LogP contribution in [0.15, 0.2) is 42.5 Å². The molecule has 5 heterocycles. The number of aromatic nitrogens is 2. The molecule has 5 fully saturated rings. The Balaban J connectivity index is 1.16. The van der Waals surface area contributed by atoms with Gasteiger partial charge >= 0.3 is 6.01 Å². The van der Waals surface area contributed by atoms with Crippen molar-refractivity contribution >= 4 is 27.5 Å². The maximum atomic E-state index is 16.9. The van der Waals surface area contributed by atoms with Gasteiger partial charge in [-0.3, -0.25) is 4.90 Å². The summed E-state index contributed by atoms with van der Waals surface area (Å²) in [5.74, 6) is 3.06. The third kappa shape index (κ3) is 4.17. The molecule has 230 valence electrons. The first kappa shape index (κ1) is 27.4. The Labute approximate surface area is 262 Å². The average molecular weight is 604 g/mol. The molecule has 9 rings (SSSR count). The van der Waals surface area contributed by atoms with Gasteiger partial charge in [0.25, 0.3) is 0 Å². The summed E-state index contributed by atoms with van der Waals surface area (Å²) in [7, 11) is 0. The Kier molecular flexibility index (Phi) is 6.11. The number of aromatic hydroxyl groups is 1. The average Bonchev–Trinajstić information content (AvgIpc) is 3.36. The van der Waals surface area contributed by atoms with E-state index in [0.29, 0.717) is 40.8 Å². The van der Waals surface area contributed by atoms with Gasteiger partial charge < -0.3 is 20.1 Å². The van der Waals surface area contributed by atoms with E-state index < -0.39 is 5.82 Å². The molecule has 7 nitrogen and oxygen atoms in total. The van der Waals surface area contributed by atoms with Crippen molar-refractivity contribution in [1.82, 2.24) is 20.2 Å². The summed E-state index contributed by atoms with van der Waals surface area (Å²) >= 11 is 0. The lowest BCUT2D eigenvalue weighted by Crippen LogP contribution is -2.51. The number of halogens is 1. The third-order valence-electron chi connectivity index (χ3n) is 11.6. The fraction of sp³-hybridized carbons (Fsp3) is 0.459. The van der Waals surface area contributed by atoms with Gasteiger partial charge in [-0.05, 0) is 99.7 Å². The van der Waals surface area contributed by atoms with Gasteiger partial charge in [-0.2, -0.15) is 9.97 Å². The number of ether oxygens (including phenoxy) is 1. The normalized spacial score (nSPS) is 24.7. The predicted octanol–water partition coefficient (Wildman–Crippen LogP) is 6.00. The molecular weight excluding hydrogens is 565 g/mol. The van der Waals surface area contributed by atoms with Crippen LogP contribution in [0.1, 0.15) is 56.9 Å². The molecule has 4 aliphatic heterocycles. The Hall–Kier alpha value is -3.93. The second-order valence-electron chi connectivity index (χ2n) is 14.0. The lowest BCUT2D eigenvalue weighted by Gasteiger charge is -2.40. The van der Waals surface area contributed by atoms with Crippen molar-refractivity contribution in [2.24, 2.45) is 5.41 Å². The zero-order valence-electron chi connectivity index (χ0n) is 25.5. The molecule has 5 aliphatic rings. The molecule has 2 unspecified atom stereocenters. The zero-order chi connectivity index (χ0) is 30.3. The molecule has 3 aromatic carbocycles. The zero-order valence-corrected chi connectivity index (χ0v) is 25.5. The van der Waals surface area contributed by atoms with E-state index in [2.05, 4.69) is 21.0 Å². The van der Waals surface area contributed by atoms with E-state index in [1.807, 2.05) is 24.3 Å². The number of nitrogens with one attached hydrogen (secondary N) is 1. The topological polar surface area (TPSA) is 73.8 Å². The fourth-order valence-corrected chi connectivity index (χ4v) is 9.42. The van der Waals surface area contributed by atoms with Crippen molar-refractivity contribution in [3.63, 3.8) is 0 Å². The van der Waals surface area contributed by atoms with Crippen LogP contribution in [0.4, 0.5) is 10.2 Å². The molecule has 1 saturated carbocycles. The second kappa shape index (κ2) is 10.0. The Morgan fingerprint density at radius 1 is 1.00 bits per heavy atom. The molecule has 1 aliphatic carbocycles. The number of piperazine rings is 1. The second-order valence-corrected chi connectivity index (χ2v) is 14.0. The van der Waals surface area contributed by atoms with Gasteiger partial charge in [0.1, 0.15) is 17.1 Å². The van der Waals surface area contributed by atoms with E-state index in [1.165, 1.54) is 38.8 Å². The molecule has 2 N–H and O–H groups in total. The lowest BCUT2D eigenvalue weighted by molar-refractivity contribution is 0.0555. The SMILES string of the molecule is C#Cc1cccc2cc(O)cc(-c3ccc4c(N5CC6CCC(C5)N6)nc(OCC5(C67CCCN6CCC7)CC5)nc4c3F)c12. The van der Waals surface area contributed by atoms with Crippen LogP contribution in [-0.4, -0.2) is 70.4 Å². The van der Waals surface area contributed by atoms with Gasteiger partial charge in [-0.25, -0.2) is 4.39 Å².